The maximum atomic E-state index is 12.4. The van der Waals surface area contributed by atoms with E-state index >= 15 is 0 Å². The van der Waals surface area contributed by atoms with Gasteiger partial charge in [-0.1, -0.05) is 41.9 Å². The standard InChI is InChI=1S/C18H16ClNO/c1-12-4-3-5-16-13(2)10-17(21)20(18(12)16)11-14-6-8-15(19)9-7-14/h3-10H,11H2,1-2H3. The summed E-state index contributed by atoms with van der Waals surface area (Å²) in [6, 6.07) is 15.5. The number of hydrogen-bond donors (Lipinski definition) is 0. The first kappa shape index (κ1) is 13.9. The molecule has 0 fully saturated rings. The fraction of sp³-hybridized carbons (Fsp3) is 0.167. The quantitative estimate of drug-likeness (QED) is 0.690. The van der Waals surface area contributed by atoms with Gasteiger partial charge in [-0.05, 0) is 42.7 Å². The Labute approximate surface area is 128 Å². The molecule has 0 N–H and O–H groups in total. The van der Waals surface area contributed by atoms with Crippen LogP contribution < -0.4 is 5.56 Å². The number of halogens is 1. The molecule has 0 atom stereocenters. The third kappa shape index (κ3) is 2.59. The van der Waals surface area contributed by atoms with Crippen LogP contribution in [0.5, 0.6) is 0 Å². The lowest BCUT2D eigenvalue weighted by molar-refractivity contribution is 0.790. The molecule has 3 heteroatoms. The predicted molar refractivity (Wildman–Crippen MR) is 88.2 cm³/mol. The molecule has 1 aromatic heterocycles. The lowest BCUT2D eigenvalue weighted by atomic mass is 10.1. The Kier molecular flexibility index (Phi) is 3.56. The number of benzene rings is 2. The Morgan fingerprint density at radius 3 is 2.43 bits per heavy atom. The predicted octanol–water partition coefficient (Wildman–Crippen LogP) is 4.32. The second kappa shape index (κ2) is 5.38. The van der Waals surface area contributed by atoms with Crippen LogP contribution in [0.4, 0.5) is 0 Å². The van der Waals surface area contributed by atoms with Gasteiger partial charge >= 0.3 is 0 Å². The number of aryl methyl sites for hydroxylation is 2. The zero-order valence-corrected chi connectivity index (χ0v) is 12.8. The second-order valence-electron chi connectivity index (χ2n) is 5.35. The summed E-state index contributed by atoms with van der Waals surface area (Å²) < 4.78 is 1.83. The lowest BCUT2D eigenvalue weighted by Crippen LogP contribution is -2.21. The third-order valence-electron chi connectivity index (χ3n) is 3.79. The molecule has 0 aliphatic heterocycles. The molecule has 0 saturated carbocycles. The molecule has 0 aliphatic rings. The highest BCUT2D eigenvalue weighted by atomic mass is 35.5. The summed E-state index contributed by atoms with van der Waals surface area (Å²) in [5, 5.41) is 1.83. The Morgan fingerprint density at radius 1 is 1.00 bits per heavy atom. The van der Waals surface area contributed by atoms with E-state index in [0.717, 1.165) is 27.6 Å². The van der Waals surface area contributed by atoms with E-state index in [1.54, 1.807) is 6.07 Å². The zero-order chi connectivity index (χ0) is 15.0. The Morgan fingerprint density at radius 2 is 1.71 bits per heavy atom. The fourth-order valence-corrected chi connectivity index (χ4v) is 2.84. The van der Waals surface area contributed by atoms with Gasteiger partial charge in [0.1, 0.15) is 0 Å². The Hall–Kier alpha value is -2.06. The van der Waals surface area contributed by atoms with Crippen LogP contribution >= 0.6 is 11.6 Å². The van der Waals surface area contributed by atoms with Crippen molar-refractivity contribution in [3.05, 3.63) is 80.6 Å². The largest absolute Gasteiger partial charge is 0.304 e. The van der Waals surface area contributed by atoms with E-state index in [9.17, 15) is 4.79 Å². The van der Waals surface area contributed by atoms with E-state index in [0.29, 0.717) is 11.6 Å². The second-order valence-corrected chi connectivity index (χ2v) is 5.79. The monoisotopic (exact) mass is 297 g/mol. The molecule has 2 nitrogen and oxygen atoms in total. The van der Waals surface area contributed by atoms with Crippen LogP contribution in [0.2, 0.25) is 5.02 Å². The molecule has 2 aromatic carbocycles. The molecular weight excluding hydrogens is 282 g/mol. The van der Waals surface area contributed by atoms with Crippen molar-refractivity contribution >= 4 is 22.5 Å². The average Bonchev–Trinajstić information content (AvgIpc) is 2.46. The molecule has 0 unspecified atom stereocenters. The van der Waals surface area contributed by atoms with Crippen LogP contribution in [-0.2, 0) is 6.54 Å². The van der Waals surface area contributed by atoms with E-state index in [1.165, 1.54) is 0 Å². The van der Waals surface area contributed by atoms with Gasteiger partial charge in [0.2, 0.25) is 0 Å². The van der Waals surface area contributed by atoms with Crippen LogP contribution in [0.3, 0.4) is 0 Å². The SMILES string of the molecule is Cc1cc(=O)n(Cc2ccc(Cl)cc2)c2c(C)cccc12. The summed E-state index contributed by atoms with van der Waals surface area (Å²) >= 11 is 5.92. The summed E-state index contributed by atoms with van der Waals surface area (Å²) in [4.78, 5) is 12.4. The van der Waals surface area contributed by atoms with Crippen molar-refractivity contribution in [3.63, 3.8) is 0 Å². The van der Waals surface area contributed by atoms with Gasteiger partial charge in [-0.3, -0.25) is 4.79 Å². The number of aromatic nitrogens is 1. The van der Waals surface area contributed by atoms with E-state index in [4.69, 9.17) is 11.6 Å². The number of pyridine rings is 1. The molecule has 0 aliphatic carbocycles. The molecule has 21 heavy (non-hydrogen) atoms. The van der Waals surface area contributed by atoms with Gasteiger partial charge in [-0.25, -0.2) is 0 Å². The van der Waals surface area contributed by atoms with Crippen molar-refractivity contribution in [1.82, 2.24) is 4.57 Å². The molecule has 3 rings (SSSR count). The highest BCUT2D eigenvalue weighted by Crippen LogP contribution is 2.21. The van der Waals surface area contributed by atoms with Gasteiger partial charge < -0.3 is 4.57 Å². The smallest absolute Gasteiger partial charge is 0.251 e. The first-order valence-electron chi connectivity index (χ1n) is 6.90. The summed E-state index contributed by atoms with van der Waals surface area (Å²) in [5.41, 5.74) is 4.24. The first-order valence-corrected chi connectivity index (χ1v) is 7.28. The van der Waals surface area contributed by atoms with Crippen LogP contribution in [0, 0.1) is 13.8 Å². The Bertz CT molecular complexity index is 863. The van der Waals surface area contributed by atoms with E-state index in [1.807, 2.05) is 54.8 Å². The fourth-order valence-electron chi connectivity index (χ4n) is 2.72. The third-order valence-corrected chi connectivity index (χ3v) is 4.04. The maximum Gasteiger partial charge on any atom is 0.251 e. The first-order chi connectivity index (χ1) is 10.1. The molecule has 0 radical (unpaired) electrons. The molecule has 0 spiro atoms. The summed E-state index contributed by atoms with van der Waals surface area (Å²) in [5.74, 6) is 0. The average molecular weight is 298 g/mol. The molecule has 3 aromatic rings. The van der Waals surface area contributed by atoms with E-state index < -0.39 is 0 Å². The number of hydrogen-bond acceptors (Lipinski definition) is 1. The van der Waals surface area contributed by atoms with Crippen molar-refractivity contribution in [2.45, 2.75) is 20.4 Å². The lowest BCUT2D eigenvalue weighted by Gasteiger charge is -2.14. The highest BCUT2D eigenvalue weighted by molar-refractivity contribution is 6.30. The summed E-state index contributed by atoms with van der Waals surface area (Å²) in [6.07, 6.45) is 0. The molecule has 0 amide bonds. The number of rotatable bonds is 2. The maximum absolute atomic E-state index is 12.4. The molecule has 106 valence electrons. The van der Waals surface area contributed by atoms with Crippen molar-refractivity contribution in [3.8, 4) is 0 Å². The van der Waals surface area contributed by atoms with Crippen molar-refractivity contribution in [1.29, 1.82) is 0 Å². The molecule has 0 bridgehead atoms. The van der Waals surface area contributed by atoms with Crippen LogP contribution in [0.25, 0.3) is 10.9 Å². The topological polar surface area (TPSA) is 22.0 Å². The minimum Gasteiger partial charge on any atom is -0.304 e. The van der Waals surface area contributed by atoms with Gasteiger partial charge in [0.25, 0.3) is 5.56 Å². The van der Waals surface area contributed by atoms with Crippen LogP contribution in [0.15, 0.2) is 53.3 Å². The Balaban J connectivity index is 2.22. The van der Waals surface area contributed by atoms with Gasteiger partial charge in [0.15, 0.2) is 0 Å². The number of nitrogens with zero attached hydrogens (tertiary/aromatic N) is 1. The van der Waals surface area contributed by atoms with Crippen LogP contribution in [0.1, 0.15) is 16.7 Å². The number of fused-ring (bicyclic) bond motifs is 1. The normalized spacial score (nSPS) is 11.0. The van der Waals surface area contributed by atoms with Crippen molar-refractivity contribution in [2.24, 2.45) is 0 Å². The van der Waals surface area contributed by atoms with Crippen LogP contribution in [-0.4, -0.2) is 4.57 Å². The minimum atomic E-state index is 0.0317. The zero-order valence-electron chi connectivity index (χ0n) is 12.1. The van der Waals surface area contributed by atoms with E-state index in [-0.39, 0.29) is 5.56 Å². The summed E-state index contributed by atoms with van der Waals surface area (Å²) in [6.45, 7) is 4.58. The van der Waals surface area contributed by atoms with Gasteiger partial charge in [0, 0.05) is 16.5 Å². The van der Waals surface area contributed by atoms with Crippen molar-refractivity contribution < 1.29 is 0 Å². The van der Waals surface area contributed by atoms with E-state index in [2.05, 4.69) is 6.07 Å². The number of para-hydroxylation sites is 1. The molecule has 0 saturated heterocycles. The van der Waals surface area contributed by atoms with Gasteiger partial charge in [-0.15, -0.1) is 0 Å². The van der Waals surface area contributed by atoms with Crippen molar-refractivity contribution in [2.75, 3.05) is 0 Å². The molecular formula is C18H16ClNO. The minimum absolute atomic E-state index is 0.0317. The highest BCUT2D eigenvalue weighted by Gasteiger charge is 2.09. The van der Waals surface area contributed by atoms with Gasteiger partial charge in [-0.2, -0.15) is 0 Å². The van der Waals surface area contributed by atoms with Gasteiger partial charge in [0.05, 0.1) is 12.1 Å². The molecule has 1 heterocycles. The summed E-state index contributed by atoms with van der Waals surface area (Å²) in [7, 11) is 0.